The fraction of sp³-hybridized carbons (Fsp3) is 0.158. The van der Waals surface area contributed by atoms with Crippen LogP contribution in [0, 0.1) is 5.92 Å². The summed E-state index contributed by atoms with van der Waals surface area (Å²) < 4.78 is 6.11. The van der Waals surface area contributed by atoms with Crippen molar-refractivity contribution < 1.29 is 4.74 Å². The highest BCUT2D eigenvalue weighted by Crippen LogP contribution is 2.33. The Morgan fingerprint density at radius 3 is 1.60 bits per heavy atom. The summed E-state index contributed by atoms with van der Waals surface area (Å²) >= 11 is 0. The lowest BCUT2D eigenvalue weighted by molar-refractivity contribution is 0.450. The van der Waals surface area contributed by atoms with Crippen molar-refractivity contribution in [1.82, 2.24) is 0 Å². The van der Waals surface area contributed by atoms with Crippen molar-refractivity contribution in [2.75, 3.05) is 0 Å². The van der Waals surface area contributed by atoms with Crippen LogP contribution >= 0.6 is 0 Å². The summed E-state index contributed by atoms with van der Waals surface area (Å²) in [5, 5.41) is 0. The van der Waals surface area contributed by atoms with Crippen molar-refractivity contribution in [2.24, 2.45) is 5.92 Å². The zero-order valence-corrected chi connectivity index (χ0v) is 11.6. The molecule has 0 bridgehead atoms. The van der Waals surface area contributed by atoms with E-state index in [4.69, 9.17) is 4.74 Å². The van der Waals surface area contributed by atoms with E-state index in [0.717, 1.165) is 29.1 Å². The van der Waals surface area contributed by atoms with Gasteiger partial charge in [0.1, 0.15) is 11.5 Å². The Morgan fingerprint density at radius 2 is 1.20 bits per heavy atom. The fourth-order valence-electron chi connectivity index (χ4n) is 2.37. The number of rotatable bonds is 3. The van der Waals surface area contributed by atoms with Crippen LogP contribution in [0.5, 0.6) is 0 Å². The fourth-order valence-corrected chi connectivity index (χ4v) is 2.37. The van der Waals surface area contributed by atoms with E-state index in [2.05, 4.69) is 43.3 Å². The average molecular weight is 262 g/mol. The van der Waals surface area contributed by atoms with E-state index in [1.807, 2.05) is 36.4 Å². The predicted octanol–water partition coefficient (Wildman–Crippen LogP) is 5.13. The summed E-state index contributed by atoms with van der Waals surface area (Å²) in [7, 11) is 0. The third-order valence-electron chi connectivity index (χ3n) is 3.54. The number of hydrogen-bond acceptors (Lipinski definition) is 1. The first-order chi connectivity index (χ1) is 9.86. The second-order valence-electron chi connectivity index (χ2n) is 4.97. The van der Waals surface area contributed by atoms with Gasteiger partial charge in [0.2, 0.25) is 0 Å². The molecule has 0 atom stereocenters. The van der Waals surface area contributed by atoms with Crippen LogP contribution in [0.15, 0.2) is 72.8 Å². The summed E-state index contributed by atoms with van der Waals surface area (Å²) in [5.41, 5.74) is 2.26. The highest BCUT2D eigenvalue weighted by atomic mass is 16.5. The van der Waals surface area contributed by atoms with Crippen molar-refractivity contribution >= 4 is 11.5 Å². The molecule has 0 saturated carbocycles. The maximum Gasteiger partial charge on any atom is 0.131 e. The molecule has 1 nitrogen and oxygen atoms in total. The standard InChI is InChI=1S/C19H18O/c1-2-15-13-18(16-9-5-3-6-10-16)20-19(14-15)17-11-7-4-8-12-17/h3-15H,2H2,1H3. The normalized spacial score (nSPS) is 15.2. The Kier molecular flexibility index (Phi) is 3.69. The highest BCUT2D eigenvalue weighted by Gasteiger charge is 2.17. The summed E-state index contributed by atoms with van der Waals surface area (Å²) in [4.78, 5) is 0. The quantitative estimate of drug-likeness (QED) is 0.745. The molecule has 2 aromatic rings. The van der Waals surface area contributed by atoms with Crippen LogP contribution in [-0.2, 0) is 4.74 Å². The van der Waals surface area contributed by atoms with Gasteiger partial charge in [-0.25, -0.2) is 0 Å². The van der Waals surface area contributed by atoms with Crippen LogP contribution in [-0.4, -0.2) is 0 Å². The van der Waals surface area contributed by atoms with Gasteiger partial charge in [0, 0.05) is 17.0 Å². The third kappa shape index (κ3) is 2.67. The molecule has 1 aliphatic rings. The molecule has 0 saturated heterocycles. The van der Waals surface area contributed by atoms with Crippen LogP contribution < -0.4 is 0 Å². The molecule has 20 heavy (non-hydrogen) atoms. The van der Waals surface area contributed by atoms with Gasteiger partial charge in [-0.3, -0.25) is 0 Å². The van der Waals surface area contributed by atoms with Crippen molar-refractivity contribution in [3.8, 4) is 0 Å². The lowest BCUT2D eigenvalue weighted by Gasteiger charge is -2.21. The zero-order valence-electron chi connectivity index (χ0n) is 11.6. The summed E-state index contributed by atoms with van der Waals surface area (Å²) in [6.07, 6.45) is 5.50. The lowest BCUT2D eigenvalue weighted by atomic mass is 9.98. The van der Waals surface area contributed by atoms with E-state index >= 15 is 0 Å². The SMILES string of the molecule is CCC1C=C(c2ccccc2)OC(c2ccccc2)=C1. The maximum atomic E-state index is 6.11. The molecule has 1 heterocycles. The first-order valence-electron chi connectivity index (χ1n) is 7.09. The van der Waals surface area contributed by atoms with Crippen LogP contribution in [0.2, 0.25) is 0 Å². The smallest absolute Gasteiger partial charge is 0.131 e. The molecule has 0 spiro atoms. The van der Waals surface area contributed by atoms with Crippen molar-refractivity contribution in [3.63, 3.8) is 0 Å². The van der Waals surface area contributed by atoms with Gasteiger partial charge in [-0.1, -0.05) is 67.6 Å². The summed E-state index contributed by atoms with van der Waals surface area (Å²) in [5.74, 6) is 2.34. The largest absolute Gasteiger partial charge is 0.457 e. The first-order valence-corrected chi connectivity index (χ1v) is 7.09. The van der Waals surface area contributed by atoms with Gasteiger partial charge in [-0.2, -0.15) is 0 Å². The van der Waals surface area contributed by atoms with Crippen LogP contribution in [0.4, 0.5) is 0 Å². The Balaban J connectivity index is 1.94. The maximum absolute atomic E-state index is 6.11. The molecule has 0 fully saturated rings. The molecule has 1 heteroatoms. The van der Waals surface area contributed by atoms with Gasteiger partial charge < -0.3 is 4.74 Å². The average Bonchev–Trinajstić information content (AvgIpc) is 2.56. The molecule has 2 aromatic carbocycles. The molecule has 0 aromatic heterocycles. The molecule has 0 aliphatic carbocycles. The Labute approximate surface area is 120 Å². The Hall–Kier alpha value is -2.28. The van der Waals surface area contributed by atoms with E-state index in [-0.39, 0.29) is 0 Å². The number of ether oxygens (including phenoxy) is 1. The molecule has 0 amide bonds. The van der Waals surface area contributed by atoms with Crippen LogP contribution in [0.25, 0.3) is 11.5 Å². The zero-order chi connectivity index (χ0) is 13.8. The van der Waals surface area contributed by atoms with Gasteiger partial charge >= 0.3 is 0 Å². The number of hydrogen-bond donors (Lipinski definition) is 0. The topological polar surface area (TPSA) is 9.23 Å². The van der Waals surface area contributed by atoms with E-state index in [1.165, 1.54) is 0 Å². The van der Waals surface area contributed by atoms with E-state index in [9.17, 15) is 0 Å². The van der Waals surface area contributed by atoms with Gasteiger partial charge in [0.05, 0.1) is 0 Å². The summed E-state index contributed by atoms with van der Waals surface area (Å²) in [6, 6.07) is 20.6. The Morgan fingerprint density at radius 1 is 0.750 bits per heavy atom. The molecule has 0 radical (unpaired) electrons. The van der Waals surface area contributed by atoms with Crippen molar-refractivity contribution in [3.05, 3.63) is 83.9 Å². The molecular weight excluding hydrogens is 244 g/mol. The van der Waals surface area contributed by atoms with Crippen molar-refractivity contribution in [1.29, 1.82) is 0 Å². The minimum absolute atomic E-state index is 0.425. The van der Waals surface area contributed by atoms with Gasteiger partial charge in [0.15, 0.2) is 0 Å². The van der Waals surface area contributed by atoms with Gasteiger partial charge in [-0.05, 0) is 18.6 Å². The van der Waals surface area contributed by atoms with E-state index < -0.39 is 0 Å². The van der Waals surface area contributed by atoms with Crippen molar-refractivity contribution in [2.45, 2.75) is 13.3 Å². The highest BCUT2D eigenvalue weighted by molar-refractivity contribution is 5.72. The van der Waals surface area contributed by atoms with Gasteiger partial charge in [0.25, 0.3) is 0 Å². The monoisotopic (exact) mass is 262 g/mol. The van der Waals surface area contributed by atoms with E-state index in [1.54, 1.807) is 0 Å². The third-order valence-corrected chi connectivity index (χ3v) is 3.54. The van der Waals surface area contributed by atoms with Gasteiger partial charge in [-0.15, -0.1) is 0 Å². The van der Waals surface area contributed by atoms with Crippen LogP contribution in [0.1, 0.15) is 24.5 Å². The second-order valence-corrected chi connectivity index (χ2v) is 4.97. The van der Waals surface area contributed by atoms with E-state index in [0.29, 0.717) is 5.92 Å². The molecule has 1 aliphatic heterocycles. The van der Waals surface area contributed by atoms with Crippen LogP contribution in [0.3, 0.4) is 0 Å². The summed E-state index contributed by atoms with van der Waals surface area (Å²) in [6.45, 7) is 2.20. The first kappa shape index (κ1) is 12.7. The molecular formula is C19H18O. The number of allylic oxidation sites excluding steroid dienone is 2. The molecule has 3 rings (SSSR count). The minimum Gasteiger partial charge on any atom is -0.457 e. The minimum atomic E-state index is 0.425. The Bertz CT molecular complexity index is 568. The molecule has 0 N–H and O–H groups in total. The number of benzene rings is 2. The molecule has 100 valence electrons. The predicted molar refractivity (Wildman–Crippen MR) is 83.7 cm³/mol. The molecule has 0 unspecified atom stereocenters. The second kappa shape index (κ2) is 5.79. The lowest BCUT2D eigenvalue weighted by Crippen LogP contribution is -2.04.